The Hall–Kier alpha value is -0.590. The zero-order chi connectivity index (χ0) is 14.1. The molecule has 0 spiro atoms. The second-order valence-corrected chi connectivity index (χ2v) is 6.85. The zero-order valence-corrected chi connectivity index (χ0v) is 13.6. The molecule has 0 bridgehead atoms. The molecule has 2 unspecified atom stereocenters. The average molecular weight is 282 g/mol. The first kappa shape index (κ1) is 16.5. The van der Waals surface area contributed by atoms with Crippen LogP contribution in [0.3, 0.4) is 0 Å². The summed E-state index contributed by atoms with van der Waals surface area (Å²) in [4.78, 5) is 0. The molecule has 2 atom stereocenters. The Morgan fingerprint density at radius 1 is 1.26 bits per heavy atom. The summed E-state index contributed by atoms with van der Waals surface area (Å²) in [6.45, 7) is 7.30. The van der Waals surface area contributed by atoms with E-state index < -0.39 is 0 Å². The van der Waals surface area contributed by atoms with Crippen molar-refractivity contribution in [3.8, 4) is 5.75 Å². The topological polar surface area (TPSA) is 18.5 Å². The van der Waals surface area contributed by atoms with Crippen LogP contribution in [-0.2, 0) is 4.52 Å². The van der Waals surface area contributed by atoms with Crippen LogP contribution in [0.25, 0.3) is 0 Å². The smallest absolute Gasteiger partial charge is 0.119 e. The highest BCUT2D eigenvalue weighted by Gasteiger charge is 2.11. The predicted molar refractivity (Wildman–Crippen MR) is 84.6 cm³/mol. The Bertz CT molecular complexity index is 350. The number of ether oxygens (including phenoxy) is 1. The molecule has 19 heavy (non-hydrogen) atoms. The molecule has 1 aromatic rings. The van der Waals surface area contributed by atoms with Gasteiger partial charge in [0.2, 0.25) is 0 Å². The van der Waals surface area contributed by atoms with Gasteiger partial charge in [-0.05, 0) is 43.4 Å². The monoisotopic (exact) mass is 282 g/mol. The van der Waals surface area contributed by atoms with E-state index in [4.69, 9.17) is 9.26 Å². The van der Waals surface area contributed by atoms with Gasteiger partial charge in [0.25, 0.3) is 0 Å². The third-order valence-electron chi connectivity index (χ3n) is 2.90. The first-order chi connectivity index (χ1) is 9.17. The maximum absolute atomic E-state index is 5.62. The quantitative estimate of drug-likeness (QED) is 0.681. The van der Waals surface area contributed by atoms with Crippen molar-refractivity contribution in [2.75, 3.05) is 26.5 Å². The number of methoxy groups -OCH3 is 1. The Balaban J connectivity index is 0.000000524. The Morgan fingerprint density at radius 3 is 2.47 bits per heavy atom. The molecule has 108 valence electrons. The van der Waals surface area contributed by atoms with E-state index in [9.17, 15) is 0 Å². The van der Waals surface area contributed by atoms with Gasteiger partial charge in [-0.1, -0.05) is 38.3 Å². The summed E-state index contributed by atoms with van der Waals surface area (Å²) in [5, 5.41) is 0. The minimum atomic E-state index is -0.298. The van der Waals surface area contributed by atoms with Crippen LogP contribution in [0.15, 0.2) is 24.3 Å². The molecule has 1 saturated carbocycles. The molecule has 3 heteroatoms. The van der Waals surface area contributed by atoms with Crippen molar-refractivity contribution < 1.29 is 9.26 Å². The molecule has 0 N–H and O–H groups in total. The van der Waals surface area contributed by atoms with Gasteiger partial charge in [0.05, 0.1) is 7.11 Å². The van der Waals surface area contributed by atoms with E-state index >= 15 is 0 Å². The average Bonchev–Trinajstić information content (AvgIpc) is 3.27. The maximum atomic E-state index is 5.62. The van der Waals surface area contributed by atoms with Crippen molar-refractivity contribution in [1.82, 2.24) is 0 Å². The fraction of sp³-hybridized carbons (Fsp3) is 0.625. The summed E-state index contributed by atoms with van der Waals surface area (Å²) in [6.07, 6.45) is 5.61. The van der Waals surface area contributed by atoms with Gasteiger partial charge in [0.1, 0.15) is 5.75 Å². The van der Waals surface area contributed by atoms with Crippen molar-refractivity contribution in [3.05, 3.63) is 29.8 Å². The molecule has 1 aliphatic rings. The Labute approximate surface area is 119 Å². The number of hydrogen-bond acceptors (Lipinski definition) is 2. The van der Waals surface area contributed by atoms with Crippen LogP contribution in [0, 0.1) is 0 Å². The molecule has 0 radical (unpaired) electrons. The van der Waals surface area contributed by atoms with Crippen molar-refractivity contribution in [3.63, 3.8) is 0 Å². The fourth-order valence-electron chi connectivity index (χ4n) is 1.71. The van der Waals surface area contributed by atoms with Gasteiger partial charge < -0.3 is 9.26 Å². The highest BCUT2D eigenvalue weighted by Crippen LogP contribution is 2.37. The van der Waals surface area contributed by atoms with Crippen molar-refractivity contribution >= 4 is 8.15 Å². The molecule has 0 aliphatic heterocycles. The maximum Gasteiger partial charge on any atom is 0.119 e. The first-order valence-corrected chi connectivity index (χ1v) is 9.04. The SMILES string of the molecule is C1CC1.CCOP(C)CC(C)c1cccc(OC)c1. The van der Waals surface area contributed by atoms with E-state index in [0.717, 1.165) is 18.5 Å². The minimum absolute atomic E-state index is 0.298. The number of benzene rings is 1. The molecule has 1 fully saturated rings. The lowest BCUT2D eigenvalue weighted by molar-refractivity contribution is 0.379. The van der Waals surface area contributed by atoms with E-state index in [1.54, 1.807) is 7.11 Å². The summed E-state index contributed by atoms with van der Waals surface area (Å²) >= 11 is 0. The van der Waals surface area contributed by atoms with Crippen molar-refractivity contribution in [1.29, 1.82) is 0 Å². The molecule has 1 aliphatic carbocycles. The lowest BCUT2D eigenvalue weighted by Gasteiger charge is -2.17. The largest absolute Gasteiger partial charge is 0.497 e. The van der Waals surface area contributed by atoms with E-state index in [0.29, 0.717) is 5.92 Å². The third kappa shape index (κ3) is 7.54. The fourth-order valence-corrected chi connectivity index (χ4v) is 3.24. The van der Waals surface area contributed by atoms with Crippen LogP contribution in [-0.4, -0.2) is 26.5 Å². The Morgan fingerprint density at radius 2 is 1.95 bits per heavy atom. The zero-order valence-electron chi connectivity index (χ0n) is 12.7. The van der Waals surface area contributed by atoms with E-state index in [1.165, 1.54) is 24.8 Å². The van der Waals surface area contributed by atoms with Gasteiger partial charge in [0.15, 0.2) is 0 Å². The van der Waals surface area contributed by atoms with Crippen LogP contribution >= 0.6 is 8.15 Å². The van der Waals surface area contributed by atoms with Gasteiger partial charge >= 0.3 is 0 Å². The van der Waals surface area contributed by atoms with Crippen molar-refractivity contribution in [2.45, 2.75) is 39.0 Å². The van der Waals surface area contributed by atoms with Crippen LogP contribution in [0.5, 0.6) is 5.75 Å². The van der Waals surface area contributed by atoms with Gasteiger partial charge in [-0.2, -0.15) is 0 Å². The molecule has 2 rings (SSSR count). The second kappa shape index (κ2) is 9.34. The Kier molecular flexibility index (Phi) is 8.09. The second-order valence-electron chi connectivity index (χ2n) is 4.97. The van der Waals surface area contributed by atoms with Crippen LogP contribution < -0.4 is 4.74 Å². The number of rotatable bonds is 6. The lowest BCUT2D eigenvalue weighted by atomic mass is 10.0. The molecule has 0 heterocycles. The van der Waals surface area contributed by atoms with Gasteiger partial charge in [-0.25, -0.2) is 0 Å². The molecule has 1 aromatic carbocycles. The van der Waals surface area contributed by atoms with E-state index in [1.807, 2.05) is 12.1 Å². The molecule has 0 amide bonds. The highest BCUT2D eigenvalue weighted by atomic mass is 31.1. The minimum Gasteiger partial charge on any atom is -0.497 e. The highest BCUT2D eigenvalue weighted by molar-refractivity contribution is 7.51. The van der Waals surface area contributed by atoms with Crippen LogP contribution in [0.1, 0.15) is 44.6 Å². The predicted octanol–water partition coefficient (Wildman–Crippen LogP) is 5.03. The van der Waals surface area contributed by atoms with Gasteiger partial charge in [-0.15, -0.1) is 0 Å². The van der Waals surface area contributed by atoms with Crippen LogP contribution in [0.2, 0.25) is 0 Å². The molecular formula is C16H27O2P. The molecule has 0 saturated heterocycles. The lowest BCUT2D eigenvalue weighted by Crippen LogP contribution is -2.00. The first-order valence-electron chi connectivity index (χ1n) is 7.15. The summed E-state index contributed by atoms with van der Waals surface area (Å²) in [5.41, 5.74) is 1.33. The van der Waals surface area contributed by atoms with Crippen LogP contribution in [0.4, 0.5) is 0 Å². The van der Waals surface area contributed by atoms with E-state index in [-0.39, 0.29) is 8.15 Å². The van der Waals surface area contributed by atoms with E-state index in [2.05, 4.69) is 32.6 Å². The normalized spacial score (nSPS) is 16.0. The molecular weight excluding hydrogens is 255 g/mol. The third-order valence-corrected chi connectivity index (χ3v) is 4.66. The summed E-state index contributed by atoms with van der Waals surface area (Å²) in [6, 6.07) is 8.29. The molecule has 2 nitrogen and oxygen atoms in total. The molecule has 0 aromatic heterocycles. The van der Waals surface area contributed by atoms with Gasteiger partial charge in [-0.3, -0.25) is 0 Å². The summed E-state index contributed by atoms with van der Waals surface area (Å²) < 4.78 is 10.9. The van der Waals surface area contributed by atoms with Gasteiger partial charge in [0, 0.05) is 14.8 Å². The summed E-state index contributed by atoms with van der Waals surface area (Å²) in [5.74, 6) is 1.46. The van der Waals surface area contributed by atoms with Crippen molar-refractivity contribution in [2.24, 2.45) is 0 Å². The standard InChI is InChI=1S/C13H21O2P.C3H6/c1-5-15-16(4)10-11(2)12-7-6-8-13(9-12)14-3;1-2-3-1/h6-9,11H,5,10H2,1-4H3;1-3H2. The summed E-state index contributed by atoms with van der Waals surface area (Å²) in [7, 11) is 1.41. The number of hydrogen-bond donors (Lipinski definition) is 0.